The van der Waals surface area contributed by atoms with Crippen molar-refractivity contribution >= 4 is 21.8 Å². The van der Waals surface area contributed by atoms with Crippen molar-refractivity contribution in [2.75, 3.05) is 0 Å². The SMILES string of the molecule is CC(C)(c1[c-]c2c3[c-]c(C(C)(C)c4ccccn4)ccc3n(-c3ccccc3)c2cc1)c1ccccn1.[Pt+2]. The number of hydrogen-bond donors (Lipinski definition) is 0. The fourth-order valence-electron chi connectivity index (χ4n) is 5.18. The van der Waals surface area contributed by atoms with E-state index >= 15 is 0 Å². The van der Waals surface area contributed by atoms with Crippen molar-refractivity contribution in [1.82, 2.24) is 14.5 Å². The number of nitrogens with zero attached hydrogens (tertiary/aromatic N) is 3. The van der Waals surface area contributed by atoms with E-state index in [9.17, 15) is 0 Å². The molecular weight excluding hydrogens is 645 g/mol. The second-order valence-electron chi connectivity index (χ2n) is 10.6. The van der Waals surface area contributed by atoms with Crippen LogP contribution in [0.15, 0.2) is 103 Å². The van der Waals surface area contributed by atoms with Crippen LogP contribution in [0.2, 0.25) is 0 Å². The number of fused-ring (bicyclic) bond motifs is 3. The summed E-state index contributed by atoms with van der Waals surface area (Å²) in [5, 5.41) is 2.14. The smallest absolute Gasteiger partial charge is 0.409 e. The zero-order valence-corrected chi connectivity index (χ0v) is 24.2. The summed E-state index contributed by atoms with van der Waals surface area (Å²) in [5.74, 6) is 0. The van der Waals surface area contributed by atoms with Gasteiger partial charge in [0.25, 0.3) is 0 Å². The average Bonchev–Trinajstić information content (AvgIpc) is 3.27. The van der Waals surface area contributed by atoms with E-state index < -0.39 is 0 Å². The van der Waals surface area contributed by atoms with Gasteiger partial charge in [0.05, 0.1) is 0 Å². The molecule has 6 rings (SSSR count). The molecule has 3 heterocycles. The normalized spacial score (nSPS) is 12.0. The maximum atomic E-state index is 4.66. The van der Waals surface area contributed by atoms with Crippen LogP contribution in [0.1, 0.15) is 50.2 Å². The molecule has 0 radical (unpaired) electrons. The van der Waals surface area contributed by atoms with Gasteiger partial charge in [-0.25, -0.2) is 10.8 Å². The summed E-state index contributed by atoms with van der Waals surface area (Å²) in [4.78, 5) is 9.32. The zero-order valence-electron chi connectivity index (χ0n) is 22.0. The summed E-state index contributed by atoms with van der Waals surface area (Å²) in [6.07, 6.45) is 3.72. The van der Waals surface area contributed by atoms with Crippen molar-refractivity contribution in [2.24, 2.45) is 0 Å². The van der Waals surface area contributed by atoms with E-state index in [1.807, 2.05) is 36.7 Å². The van der Waals surface area contributed by atoms with Gasteiger partial charge < -0.3 is 4.57 Å². The molecule has 0 fully saturated rings. The Morgan fingerprint density at radius 1 is 0.553 bits per heavy atom. The molecule has 190 valence electrons. The fourth-order valence-corrected chi connectivity index (χ4v) is 5.18. The molecule has 0 amide bonds. The predicted octanol–water partition coefficient (Wildman–Crippen LogP) is 7.82. The van der Waals surface area contributed by atoms with Crippen LogP contribution in [-0.2, 0) is 31.9 Å². The van der Waals surface area contributed by atoms with Gasteiger partial charge in [0.2, 0.25) is 0 Å². The fraction of sp³-hybridized carbons (Fsp3) is 0.176. The number of hydrogen-bond acceptors (Lipinski definition) is 2. The van der Waals surface area contributed by atoms with Crippen molar-refractivity contribution < 1.29 is 21.1 Å². The topological polar surface area (TPSA) is 30.7 Å². The van der Waals surface area contributed by atoms with Crippen LogP contribution in [0.5, 0.6) is 0 Å². The molecule has 4 heteroatoms. The Bertz CT molecular complexity index is 1590. The summed E-state index contributed by atoms with van der Waals surface area (Å²) in [7, 11) is 0. The minimum absolute atomic E-state index is 0. The van der Waals surface area contributed by atoms with Gasteiger partial charge in [0.15, 0.2) is 0 Å². The van der Waals surface area contributed by atoms with E-state index in [-0.39, 0.29) is 31.9 Å². The zero-order chi connectivity index (χ0) is 25.6. The third-order valence-electron chi connectivity index (χ3n) is 7.55. The first kappa shape index (κ1) is 26.1. The Hall–Kier alpha value is -3.55. The Morgan fingerprint density at radius 3 is 1.42 bits per heavy atom. The molecule has 0 aliphatic rings. The van der Waals surface area contributed by atoms with Crippen LogP contribution in [0.25, 0.3) is 27.5 Å². The maximum absolute atomic E-state index is 4.66. The minimum atomic E-state index is -0.290. The summed E-state index contributed by atoms with van der Waals surface area (Å²) in [6, 6.07) is 39.1. The number of pyridine rings is 2. The number of para-hydroxylation sites is 1. The first-order chi connectivity index (χ1) is 17.9. The largest absolute Gasteiger partial charge is 2.00 e. The molecular formula is C34H29N3Pt. The second kappa shape index (κ2) is 9.97. The molecule has 0 aliphatic heterocycles. The molecule has 0 atom stereocenters. The number of benzene rings is 3. The molecule has 38 heavy (non-hydrogen) atoms. The van der Waals surface area contributed by atoms with Gasteiger partial charge in [-0.1, -0.05) is 69.1 Å². The van der Waals surface area contributed by atoms with E-state index in [0.717, 1.165) is 50.0 Å². The van der Waals surface area contributed by atoms with Crippen LogP contribution in [-0.4, -0.2) is 14.5 Å². The van der Waals surface area contributed by atoms with Gasteiger partial charge in [0.1, 0.15) is 0 Å². The van der Waals surface area contributed by atoms with Crippen molar-refractivity contribution in [3.8, 4) is 5.69 Å². The number of aromatic nitrogens is 3. The molecule has 3 aromatic heterocycles. The third-order valence-corrected chi connectivity index (χ3v) is 7.55. The summed E-state index contributed by atoms with van der Waals surface area (Å²) >= 11 is 0. The van der Waals surface area contributed by atoms with E-state index in [4.69, 9.17) is 0 Å². The van der Waals surface area contributed by atoms with Gasteiger partial charge in [-0.2, -0.15) is 12.1 Å². The van der Waals surface area contributed by atoms with Crippen LogP contribution >= 0.6 is 0 Å². The van der Waals surface area contributed by atoms with Crippen LogP contribution in [0.4, 0.5) is 0 Å². The standard InChI is InChI=1S/C34H29N3.Pt/c1-33(2,31-14-8-10-20-35-31)24-16-18-29-27(22-24)28-23-25(34(3,4)32-15-9-11-21-36-32)17-19-30(28)37(29)26-12-6-5-7-13-26;/h5-21H,1-4H3;/q-2;+2. The molecule has 0 saturated carbocycles. The van der Waals surface area contributed by atoms with E-state index in [2.05, 4.69) is 121 Å². The molecule has 6 aromatic rings. The van der Waals surface area contributed by atoms with Crippen molar-refractivity contribution in [3.63, 3.8) is 0 Å². The molecule has 0 bridgehead atoms. The molecule has 0 N–H and O–H groups in total. The molecule has 0 spiro atoms. The van der Waals surface area contributed by atoms with Crippen molar-refractivity contribution in [2.45, 2.75) is 38.5 Å². The Labute approximate surface area is 238 Å². The monoisotopic (exact) mass is 674 g/mol. The van der Waals surface area contributed by atoms with Gasteiger partial charge >= 0.3 is 21.1 Å². The Balaban J connectivity index is 0.00000294. The quantitative estimate of drug-likeness (QED) is 0.175. The summed E-state index contributed by atoms with van der Waals surface area (Å²) < 4.78 is 2.31. The molecule has 3 aromatic carbocycles. The average molecular weight is 675 g/mol. The van der Waals surface area contributed by atoms with Crippen molar-refractivity contribution in [3.05, 3.63) is 138 Å². The summed E-state index contributed by atoms with van der Waals surface area (Å²) in [6.45, 7) is 8.84. The molecule has 0 aliphatic carbocycles. The molecule has 0 unspecified atom stereocenters. The van der Waals surface area contributed by atoms with Crippen molar-refractivity contribution in [1.29, 1.82) is 0 Å². The first-order valence-corrected chi connectivity index (χ1v) is 12.7. The summed E-state index contributed by atoms with van der Waals surface area (Å²) in [5.41, 5.74) is 7.04. The second-order valence-corrected chi connectivity index (χ2v) is 10.6. The van der Waals surface area contributed by atoms with E-state index in [0.29, 0.717) is 0 Å². The molecule has 3 nitrogen and oxygen atoms in total. The third kappa shape index (κ3) is 4.29. The molecule has 0 saturated heterocycles. The van der Waals surface area contributed by atoms with Gasteiger partial charge in [-0.05, 0) is 36.4 Å². The maximum Gasteiger partial charge on any atom is 2.00 e. The minimum Gasteiger partial charge on any atom is -0.409 e. The van der Waals surface area contributed by atoms with Gasteiger partial charge in [-0.15, -0.1) is 35.4 Å². The van der Waals surface area contributed by atoms with E-state index in [1.165, 1.54) is 0 Å². The van der Waals surface area contributed by atoms with Gasteiger partial charge in [0, 0.05) is 40.3 Å². The Morgan fingerprint density at radius 2 is 1.00 bits per heavy atom. The first-order valence-electron chi connectivity index (χ1n) is 12.7. The van der Waals surface area contributed by atoms with Crippen LogP contribution < -0.4 is 0 Å². The van der Waals surface area contributed by atoms with Crippen LogP contribution in [0, 0.1) is 12.1 Å². The van der Waals surface area contributed by atoms with E-state index in [1.54, 1.807) is 0 Å². The predicted molar refractivity (Wildman–Crippen MR) is 151 cm³/mol. The Kier molecular flexibility index (Phi) is 6.84. The van der Waals surface area contributed by atoms with Crippen LogP contribution in [0.3, 0.4) is 0 Å². The number of rotatable bonds is 5. The van der Waals surface area contributed by atoms with Gasteiger partial charge in [-0.3, -0.25) is 9.97 Å².